The summed E-state index contributed by atoms with van der Waals surface area (Å²) in [7, 11) is 0. The fourth-order valence-corrected chi connectivity index (χ4v) is 3.43. The van der Waals surface area contributed by atoms with E-state index >= 15 is 0 Å². The molecule has 106 valence electrons. The summed E-state index contributed by atoms with van der Waals surface area (Å²) < 4.78 is 1.02. The highest BCUT2D eigenvalue weighted by Gasteiger charge is 2.16. The number of fused-ring (bicyclic) bond motifs is 1. The summed E-state index contributed by atoms with van der Waals surface area (Å²) in [5, 5.41) is 3.27. The molecule has 3 aromatic rings. The maximum Gasteiger partial charge on any atom is 0.0841 e. The third-order valence-electron chi connectivity index (χ3n) is 3.41. The summed E-state index contributed by atoms with van der Waals surface area (Å²) in [6.45, 7) is 0. The van der Waals surface area contributed by atoms with Gasteiger partial charge in [0, 0.05) is 14.0 Å². The van der Waals surface area contributed by atoms with E-state index in [-0.39, 0.29) is 5.38 Å². The molecule has 1 unspecified atom stereocenters. The zero-order valence-electron chi connectivity index (χ0n) is 10.8. The highest BCUT2D eigenvalue weighted by molar-refractivity contribution is 14.1. The van der Waals surface area contributed by atoms with E-state index in [0.717, 1.165) is 35.5 Å². The van der Waals surface area contributed by atoms with E-state index in [1.807, 2.05) is 54.6 Å². The summed E-state index contributed by atoms with van der Waals surface area (Å²) in [6.07, 6.45) is 0. The number of rotatable bonds is 2. The van der Waals surface area contributed by atoms with Crippen LogP contribution in [0.1, 0.15) is 16.5 Å². The van der Waals surface area contributed by atoms with Crippen molar-refractivity contribution in [3.8, 4) is 0 Å². The molecule has 0 nitrogen and oxygen atoms in total. The zero-order valence-corrected chi connectivity index (χ0v) is 15.2. The van der Waals surface area contributed by atoms with Gasteiger partial charge in [-0.1, -0.05) is 59.6 Å². The molecule has 0 saturated carbocycles. The van der Waals surface area contributed by atoms with E-state index in [9.17, 15) is 0 Å². The van der Waals surface area contributed by atoms with Gasteiger partial charge in [0.2, 0.25) is 0 Å². The first kappa shape index (κ1) is 15.4. The molecule has 0 saturated heterocycles. The highest BCUT2D eigenvalue weighted by atomic mass is 127. The monoisotopic (exact) mass is 446 g/mol. The maximum absolute atomic E-state index is 6.68. The van der Waals surface area contributed by atoms with Gasteiger partial charge in [0.05, 0.1) is 10.4 Å². The molecule has 0 amide bonds. The van der Waals surface area contributed by atoms with Gasteiger partial charge in [-0.25, -0.2) is 0 Å². The minimum atomic E-state index is -0.262. The van der Waals surface area contributed by atoms with Crippen LogP contribution in [-0.2, 0) is 0 Å². The van der Waals surface area contributed by atoms with Crippen molar-refractivity contribution in [3.05, 3.63) is 79.3 Å². The molecule has 0 radical (unpaired) electrons. The van der Waals surface area contributed by atoms with Crippen LogP contribution in [0.25, 0.3) is 10.8 Å². The van der Waals surface area contributed by atoms with Gasteiger partial charge in [0.15, 0.2) is 0 Å². The minimum Gasteiger partial charge on any atom is -0.113 e. The molecule has 0 aromatic heterocycles. The van der Waals surface area contributed by atoms with Gasteiger partial charge < -0.3 is 0 Å². The molecule has 0 N–H and O–H groups in total. The normalized spacial score (nSPS) is 12.6. The van der Waals surface area contributed by atoms with Crippen molar-refractivity contribution in [2.24, 2.45) is 0 Å². The van der Waals surface area contributed by atoms with Gasteiger partial charge in [0.25, 0.3) is 0 Å². The molecular formula is C17H10Cl3I. The van der Waals surface area contributed by atoms with Crippen LogP contribution in [0, 0.1) is 3.57 Å². The number of alkyl halides is 1. The lowest BCUT2D eigenvalue weighted by Gasteiger charge is -2.15. The van der Waals surface area contributed by atoms with Crippen LogP contribution in [-0.4, -0.2) is 0 Å². The lowest BCUT2D eigenvalue weighted by molar-refractivity contribution is 1.16. The van der Waals surface area contributed by atoms with Crippen LogP contribution in [0.4, 0.5) is 0 Å². The quantitative estimate of drug-likeness (QED) is 0.291. The predicted octanol–water partition coefficient (Wildman–Crippen LogP) is 7.08. The molecular weight excluding hydrogens is 437 g/mol. The van der Waals surface area contributed by atoms with Crippen LogP contribution < -0.4 is 0 Å². The molecule has 0 spiro atoms. The molecule has 21 heavy (non-hydrogen) atoms. The van der Waals surface area contributed by atoms with Gasteiger partial charge in [-0.15, -0.1) is 11.6 Å². The Morgan fingerprint density at radius 1 is 0.810 bits per heavy atom. The average Bonchev–Trinajstić information content (AvgIpc) is 2.50. The second kappa shape index (κ2) is 6.33. The van der Waals surface area contributed by atoms with E-state index in [1.54, 1.807) is 0 Å². The second-order valence-electron chi connectivity index (χ2n) is 4.72. The van der Waals surface area contributed by atoms with E-state index in [1.165, 1.54) is 0 Å². The lowest BCUT2D eigenvalue weighted by Crippen LogP contribution is -1.95. The van der Waals surface area contributed by atoms with Gasteiger partial charge in [0.1, 0.15) is 0 Å². The summed E-state index contributed by atoms with van der Waals surface area (Å²) in [5.74, 6) is 0. The summed E-state index contributed by atoms with van der Waals surface area (Å²) in [5.41, 5.74) is 2.02. The summed E-state index contributed by atoms with van der Waals surface area (Å²) >= 11 is 21.4. The second-order valence-corrected chi connectivity index (χ2v) is 7.13. The third kappa shape index (κ3) is 3.02. The molecule has 0 fully saturated rings. The largest absolute Gasteiger partial charge is 0.113 e. The number of benzene rings is 3. The van der Waals surface area contributed by atoms with Crippen molar-refractivity contribution in [1.82, 2.24) is 0 Å². The van der Waals surface area contributed by atoms with Crippen LogP contribution in [0.2, 0.25) is 10.0 Å². The number of hydrogen-bond donors (Lipinski definition) is 0. The molecule has 0 aliphatic rings. The SMILES string of the molecule is Clc1cc(C(Cl)c2ccc(Cl)c3ccccc23)ccc1I. The molecule has 0 aliphatic heterocycles. The Hall–Kier alpha value is -0.480. The molecule has 0 heterocycles. The van der Waals surface area contributed by atoms with Crippen LogP contribution in [0.15, 0.2) is 54.6 Å². The Morgan fingerprint density at radius 2 is 1.52 bits per heavy atom. The van der Waals surface area contributed by atoms with Gasteiger partial charge >= 0.3 is 0 Å². The van der Waals surface area contributed by atoms with Crippen LogP contribution in [0.5, 0.6) is 0 Å². The van der Waals surface area contributed by atoms with Crippen molar-refractivity contribution in [2.45, 2.75) is 5.38 Å². The minimum absolute atomic E-state index is 0.262. The number of hydrogen-bond acceptors (Lipinski definition) is 0. The van der Waals surface area contributed by atoms with Crippen LogP contribution >= 0.6 is 57.4 Å². The fraction of sp³-hybridized carbons (Fsp3) is 0.0588. The Balaban J connectivity index is 2.15. The first-order valence-corrected chi connectivity index (χ1v) is 8.61. The maximum atomic E-state index is 6.68. The Kier molecular flexibility index (Phi) is 4.65. The summed E-state index contributed by atoms with van der Waals surface area (Å²) in [4.78, 5) is 0. The van der Waals surface area contributed by atoms with E-state index in [4.69, 9.17) is 34.8 Å². The third-order valence-corrected chi connectivity index (χ3v) is 5.80. The zero-order chi connectivity index (χ0) is 15.0. The predicted molar refractivity (Wildman–Crippen MR) is 101 cm³/mol. The van der Waals surface area contributed by atoms with Gasteiger partial charge in [-0.2, -0.15) is 0 Å². The summed E-state index contributed by atoms with van der Waals surface area (Å²) in [6, 6.07) is 17.8. The van der Waals surface area contributed by atoms with E-state index < -0.39 is 0 Å². The standard InChI is InChI=1S/C17H10Cl3I/c18-14-7-6-13(11-3-1-2-4-12(11)14)17(20)10-5-8-16(21)15(19)9-10/h1-9,17H. The average molecular weight is 448 g/mol. The Labute approximate surface area is 152 Å². The molecule has 0 bridgehead atoms. The Bertz CT molecular complexity index is 814. The smallest absolute Gasteiger partial charge is 0.0841 e. The van der Waals surface area contributed by atoms with Gasteiger partial charge in [-0.05, 0) is 57.3 Å². The molecule has 0 aliphatic carbocycles. The lowest BCUT2D eigenvalue weighted by atomic mass is 9.98. The fourth-order valence-electron chi connectivity index (χ4n) is 2.36. The van der Waals surface area contributed by atoms with Crippen molar-refractivity contribution in [2.75, 3.05) is 0 Å². The molecule has 3 aromatic carbocycles. The van der Waals surface area contributed by atoms with E-state index in [0.29, 0.717) is 0 Å². The van der Waals surface area contributed by atoms with Crippen molar-refractivity contribution < 1.29 is 0 Å². The molecule has 4 heteroatoms. The van der Waals surface area contributed by atoms with Crippen molar-refractivity contribution in [3.63, 3.8) is 0 Å². The van der Waals surface area contributed by atoms with Crippen LogP contribution in [0.3, 0.4) is 0 Å². The Morgan fingerprint density at radius 3 is 2.24 bits per heavy atom. The highest BCUT2D eigenvalue weighted by Crippen LogP contribution is 2.37. The van der Waals surface area contributed by atoms with Gasteiger partial charge in [-0.3, -0.25) is 0 Å². The van der Waals surface area contributed by atoms with Crippen molar-refractivity contribution >= 4 is 68.2 Å². The molecule has 3 rings (SSSR count). The van der Waals surface area contributed by atoms with Crippen molar-refractivity contribution in [1.29, 1.82) is 0 Å². The first-order chi connectivity index (χ1) is 10.1. The van der Waals surface area contributed by atoms with E-state index in [2.05, 4.69) is 22.6 Å². The molecule has 1 atom stereocenters. The topological polar surface area (TPSA) is 0 Å². The first-order valence-electron chi connectivity index (χ1n) is 6.34. The number of halogens is 4.